The number of nitrogens with zero attached hydrogens (tertiary/aromatic N) is 4. The van der Waals surface area contributed by atoms with Gasteiger partial charge in [0.05, 0.1) is 15.9 Å². The lowest BCUT2D eigenvalue weighted by Crippen LogP contribution is -1.88. The average molecular weight is 288 g/mol. The molecule has 9 heteroatoms. The zero-order chi connectivity index (χ0) is 15.4. The highest BCUT2D eigenvalue weighted by atomic mass is 16.6. The van der Waals surface area contributed by atoms with Crippen molar-refractivity contribution in [2.75, 3.05) is 0 Å². The maximum absolute atomic E-state index is 10.8. The highest BCUT2D eigenvalue weighted by molar-refractivity contribution is 5.61. The van der Waals surface area contributed by atoms with E-state index in [-0.39, 0.29) is 22.8 Å². The minimum absolute atomic E-state index is 0.0233. The van der Waals surface area contributed by atoms with Gasteiger partial charge in [0.1, 0.15) is 5.75 Å². The van der Waals surface area contributed by atoms with E-state index in [1.54, 1.807) is 0 Å². The molecule has 2 aromatic rings. The largest absolute Gasteiger partial charge is 0.508 e. The number of rotatable bonds is 4. The molecule has 0 aliphatic heterocycles. The number of nitro groups is 2. The summed E-state index contributed by atoms with van der Waals surface area (Å²) in [6, 6.07) is 8.96. The molecule has 106 valence electrons. The lowest BCUT2D eigenvalue weighted by Gasteiger charge is -1.98. The standard InChI is InChI=1S/C12H8N4O5/c17-8-5-6-10(12(7-8)16(20)21)14-13-9-3-1-2-4-11(9)15(18)19/h1-7,17H/b14-13+. The van der Waals surface area contributed by atoms with Crippen molar-refractivity contribution in [3.05, 3.63) is 62.7 Å². The number of benzene rings is 2. The fraction of sp³-hybridized carbons (Fsp3) is 0. The van der Waals surface area contributed by atoms with Crippen molar-refractivity contribution in [1.82, 2.24) is 0 Å². The van der Waals surface area contributed by atoms with Crippen LogP contribution in [0.3, 0.4) is 0 Å². The quantitative estimate of drug-likeness (QED) is 0.521. The molecule has 0 radical (unpaired) electrons. The van der Waals surface area contributed by atoms with Gasteiger partial charge < -0.3 is 5.11 Å². The van der Waals surface area contributed by atoms with Gasteiger partial charge in [-0.25, -0.2) is 0 Å². The van der Waals surface area contributed by atoms with Crippen molar-refractivity contribution in [2.24, 2.45) is 10.2 Å². The summed E-state index contributed by atoms with van der Waals surface area (Å²) >= 11 is 0. The molecule has 2 aromatic carbocycles. The van der Waals surface area contributed by atoms with Crippen molar-refractivity contribution in [1.29, 1.82) is 0 Å². The molecule has 0 spiro atoms. The van der Waals surface area contributed by atoms with Gasteiger partial charge in [0.2, 0.25) is 0 Å². The lowest BCUT2D eigenvalue weighted by atomic mass is 10.2. The van der Waals surface area contributed by atoms with Crippen LogP contribution in [-0.4, -0.2) is 15.0 Å². The van der Waals surface area contributed by atoms with Gasteiger partial charge in [0.15, 0.2) is 11.4 Å². The number of hydrogen-bond acceptors (Lipinski definition) is 7. The SMILES string of the molecule is O=[N+]([O-])c1ccccc1/N=N/c1ccc(O)cc1[N+](=O)[O-]. The van der Waals surface area contributed by atoms with Crippen LogP contribution in [0, 0.1) is 20.2 Å². The van der Waals surface area contributed by atoms with Gasteiger partial charge in [-0.2, -0.15) is 0 Å². The summed E-state index contributed by atoms with van der Waals surface area (Å²) in [6.07, 6.45) is 0. The number of phenols is 1. The van der Waals surface area contributed by atoms with Gasteiger partial charge in [-0.1, -0.05) is 12.1 Å². The smallest absolute Gasteiger partial charge is 0.300 e. The molecule has 0 unspecified atom stereocenters. The second kappa shape index (κ2) is 5.74. The monoisotopic (exact) mass is 288 g/mol. The molecular formula is C12H8N4O5. The van der Waals surface area contributed by atoms with Crippen LogP contribution in [0.15, 0.2) is 52.7 Å². The van der Waals surface area contributed by atoms with Crippen LogP contribution in [0.5, 0.6) is 5.75 Å². The molecule has 0 saturated carbocycles. The topological polar surface area (TPSA) is 131 Å². The number of para-hydroxylation sites is 1. The second-order valence-electron chi connectivity index (χ2n) is 3.88. The van der Waals surface area contributed by atoms with Crippen molar-refractivity contribution in [2.45, 2.75) is 0 Å². The first-order chi connectivity index (χ1) is 9.99. The molecule has 0 bridgehead atoms. The zero-order valence-corrected chi connectivity index (χ0v) is 10.4. The second-order valence-corrected chi connectivity index (χ2v) is 3.88. The average Bonchev–Trinajstić information content (AvgIpc) is 2.46. The molecule has 21 heavy (non-hydrogen) atoms. The molecular weight excluding hydrogens is 280 g/mol. The molecule has 1 N–H and O–H groups in total. The third-order valence-corrected chi connectivity index (χ3v) is 2.50. The Morgan fingerprint density at radius 3 is 2.05 bits per heavy atom. The van der Waals surface area contributed by atoms with Gasteiger partial charge in [-0.3, -0.25) is 20.2 Å². The molecule has 0 heterocycles. The highest BCUT2D eigenvalue weighted by Gasteiger charge is 2.16. The molecule has 0 amide bonds. The third-order valence-electron chi connectivity index (χ3n) is 2.50. The van der Waals surface area contributed by atoms with Crippen molar-refractivity contribution >= 4 is 22.7 Å². The molecule has 0 fully saturated rings. The fourth-order valence-electron chi connectivity index (χ4n) is 1.55. The van der Waals surface area contributed by atoms with Gasteiger partial charge in [-0.15, -0.1) is 10.2 Å². The van der Waals surface area contributed by atoms with Crippen LogP contribution in [0.4, 0.5) is 22.7 Å². The number of nitro benzene ring substituents is 2. The van der Waals surface area contributed by atoms with Crippen LogP contribution >= 0.6 is 0 Å². The Kier molecular flexibility index (Phi) is 3.84. The van der Waals surface area contributed by atoms with E-state index in [1.807, 2.05) is 0 Å². The Hall–Kier alpha value is -3.36. The predicted molar refractivity (Wildman–Crippen MR) is 72.0 cm³/mol. The third kappa shape index (κ3) is 3.15. The van der Waals surface area contributed by atoms with Crippen LogP contribution in [0.1, 0.15) is 0 Å². The molecule has 0 aliphatic rings. The molecule has 0 atom stereocenters. The summed E-state index contributed by atoms with van der Waals surface area (Å²) in [5.74, 6) is -0.286. The van der Waals surface area contributed by atoms with Gasteiger partial charge in [0, 0.05) is 6.07 Å². The first kappa shape index (κ1) is 14.1. The van der Waals surface area contributed by atoms with Crippen molar-refractivity contribution < 1.29 is 15.0 Å². The van der Waals surface area contributed by atoms with Crippen LogP contribution in [0.25, 0.3) is 0 Å². The first-order valence-electron chi connectivity index (χ1n) is 5.61. The summed E-state index contributed by atoms with van der Waals surface area (Å²) in [5, 5.41) is 38.2. The molecule has 0 saturated heterocycles. The predicted octanol–water partition coefficient (Wildman–Crippen LogP) is 3.62. The molecule has 2 rings (SSSR count). The Morgan fingerprint density at radius 1 is 0.857 bits per heavy atom. The number of aromatic hydroxyl groups is 1. The number of phenolic OH excluding ortho intramolecular Hbond substituents is 1. The van der Waals surface area contributed by atoms with E-state index in [1.165, 1.54) is 36.4 Å². The van der Waals surface area contributed by atoms with Crippen molar-refractivity contribution in [3.8, 4) is 5.75 Å². The zero-order valence-electron chi connectivity index (χ0n) is 10.4. The minimum atomic E-state index is -0.729. The normalized spacial score (nSPS) is 10.7. The van der Waals surface area contributed by atoms with E-state index >= 15 is 0 Å². The van der Waals surface area contributed by atoms with Gasteiger partial charge in [0.25, 0.3) is 11.4 Å². The molecule has 0 aromatic heterocycles. The fourth-order valence-corrected chi connectivity index (χ4v) is 1.55. The van der Waals surface area contributed by atoms with Crippen LogP contribution < -0.4 is 0 Å². The number of azo groups is 1. The first-order valence-corrected chi connectivity index (χ1v) is 5.61. The summed E-state index contributed by atoms with van der Waals surface area (Å²) in [7, 11) is 0. The van der Waals surface area contributed by atoms with E-state index in [4.69, 9.17) is 0 Å². The van der Waals surface area contributed by atoms with Crippen molar-refractivity contribution in [3.63, 3.8) is 0 Å². The van der Waals surface area contributed by atoms with E-state index < -0.39 is 15.5 Å². The molecule has 9 nitrogen and oxygen atoms in total. The summed E-state index contributed by atoms with van der Waals surface area (Å²) in [4.78, 5) is 20.3. The van der Waals surface area contributed by atoms with Crippen LogP contribution in [0.2, 0.25) is 0 Å². The number of hydrogen-bond donors (Lipinski definition) is 1. The van der Waals surface area contributed by atoms with E-state index in [0.717, 1.165) is 6.07 Å². The Labute approximate surface area is 117 Å². The Balaban J connectivity index is 2.43. The van der Waals surface area contributed by atoms with E-state index in [0.29, 0.717) is 0 Å². The minimum Gasteiger partial charge on any atom is -0.508 e. The van der Waals surface area contributed by atoms with Gasteiger partial charge in [-0.05, 0) is 18.2 Å². The maximum Gasteiger partial charge on any atom is 0.300 e. The maximum atomic E-state index is 10.8. The van der Waals surface area contributed by atoms with E-state index in [9.17, 15) is 25.3 Å². The van der Waals surface area contributed by atoms with Gasteiger partial charge >= 0.3 is 0 Å². The van der Waals surface area contributed by atoms with E-state index in [2.05, 4.69) is 10.2 Å². The molecule has 0 aliphatic carbocycles. The highest BCUT2D eigenvalue weighted by Crippen LogP contribution is 2.33. The Morgan fingerprint density at radius 2 is 1.43 bits per heavy atom. The summed E-state index contributed by atoms with van der Waals surface area (Å²) < 4.78 is 0. The van der Waals surface area contributed by atoms with Crippen LogP contribution in [-0.2, 0) is 0 Å². The summed E-state index contributed by atoms with van der Waals surface area (Å²) in [5.41, 5.74) is -0.846. The lowest BCUT2D eigenvalue weighted by molar-refractivity contribution is -0.384. The summed E-state index contributed by atoms with van der Waals surface area (Å²) in [6.45, 7) is 0. The Bertz CT molecular complexity index is 744.